The van der Waals surface area contributed by atoms with E-state index in [2.05, 4.69) is 10.3 Å². The fraction of sp³-hybridized carbons (Fsp3) is 0.233. The van der Waals surface area contributed by atoms with E-state index in [-0.39, 0.29) is 42.5 Å². The number of thiazole rings is 1. The third-order valence-corrected chi connectivity index (χ3v) is 8.69. The van der Waals surface area contributed by atoms with Gasteiger partial charge in [0.25, 0.3) is 5.91 Å². The van der Waals surface area contributed by atoms with Crippen molar-refractivity contribution in [2.45, 2.75) is 31.7 Å². The van der Waals surface area contributed by atoms with Crippen LogP contribution in [0.3, 0.4) is 0 Å². The number of fused-ring (bicyclic) bond motifs is 1. The van der Waals surface area contributed by atoms with Gasteiger partial charge in [-0.15, -0.1) is 11.3 Å². The number of carbonyl (C=O) groups is 2. The third kappa shape index (κ3) is 6.01. The number of hydrogen-bond donors (Lipinski definition) is 1. The molecule has 1 aliphatic heterocycles. The number of aromatic nitrogens is 1. The Kier molecular flexibility index (Phi) is 7.92. The number of carbonyl (C=O) groups excluding carboxylic acids is 2. The van der Waals surface area contributed by atoms with E-state index in [0.29, 0.717) is 17.4 Å². The van der Waals surface area contributed by atoms with E-state index in [9.17, 15) is 18.0 Å². The molecule has 1 aliphatic rings. The lowest BCUT2D eigenvalue weighted by Gasteiger charge is -2.22. The molecule has 0 saturated carbocycles. The average Bonchev–Trinajstić information content (AvgIpc) is 3.28. The Balaban J connectivity index is 1.39. The summed E-state index contributed by atoms with van der Waals surface area (Å²) in [6.07, 6.45) is 1.12. The predicted octanol–water partition coefficient (Wildman–Crippen LogP) is 5.58. The van der Waals surface area contributed by atoms with Crippen molar-refractivity contribution in [2.24, 2.45) is 0 Å². The van der Waals surface area contributed by atoms with Gasteiger partial charge in [-0.25, -0.2) is 17.8 Å². The van der Waals surface area contributed by atoms with Gasteiger partial charge in [-0.05, 0) is 41.8 Å². The molecule has 5 rings (SSSR count). The minimum atomic E-state index is -3.77. The minimum Gasteiger partial charge on any atom is -0.491 e. The molecule has 0 atom stereocenters. The number of sulfone groups is 1. The maximum Gasteiger partial charge on any atom is 0.254 e. The zero-order valence-corrected chi connectivity index (χ0v) is 24.4. The second kappa shape index (κ2) is 11.4. The highest BCUT2D eigenvalue weighted by molar-refractivity contribution is 7.90. The number of ether oxygens (including phenoxy) is 1. The highest BCUT2D eigenvalue weighted by Crippen LogP contribution is 2.32. The Bertz CT molecular complexity index is 1750. The van der Waals surface area contributed by atoms with Crippen molar-refractivity contribution in [1.82, 2.24) is 9.88 Å². The molecule has 41 heavy (non-hydrogen) atoms. The second-order valence-corrected chi connectivity index (χ2v) is 12.6. The first-order valence-electron chi connectivity index (χ1n) is 13.0. The number of anilines is 1. The zero-order valence-electron chi connectivity index (χ0n) is 22.7. The lowest BCUT2D eigenvalue weighted by molar-refractivity contribution is -0.114. The van der Waals surface area contributed by atoms with Crippen LogP contribution in [0.15, 0.2) is 64.9 Å². The number of nitrogens with one attached hydrogen (secondary N) is 1. The predicted molar refractivity (Wildman–Crippen MR) is 156 cm³/mol. The monoisotopic (exact) mass is 593 g/mol. The Morgan fingerprint density at radius 1 is 1.07 bits per heavy atom. The van der Waals surface area contributed by atoms with Crippen molar-refractivity contribution in [3.8, 4) is 28.1 Å². The van der Waals surface area contributed by atoms with Gasteiger partial charge in [0.1, 0.15) is 23.1 Å². The SMILES string of the molecule is CCc1c(C(=O)N2CCOc3ccc(-c4ccc(-c5csc(NC(C)=O)n5)cc4)cc3C2)ccc(S(C)(=O)=O)c1F. The zero-order chi connectivity index (χ0) is 29.3. The van der Waals surface area contributed by atoms with Crippen LogP contribution in [-0.2, 0) is 27.6 Å². The number of nitrogens with zero attached hydrogens (tertiary/aromatic N) is 2. The molecule has 0 radical (unpaired) electrons. The fourth-order valence-corrected chi connectivity index (χ4v) is 6.33. The van der Waals surface area contributed by atoms with Crippen molar-refractivity contribution < 1.29 is 27.1 Å². The van der Waals surface area contributed by atoms with Crippen molar-refractivity contribution >= 4 is 38.1 Å². The molecule has 212 valence electrons. The molecule has 2 heterocycles. The second-order valence-electron chi connectivity index (χ2n) is 9.72. The Morgan fingerprint density at radius 2 is 1.78 bits per heavy atom. The first-order chi connectivity index (χ1) is 19.5. The summed E-state index contributed by atoms with van der Waals surface area (Å²) in [7, 11) is -3.77. The highest BCUT2D eigenvalue weighted by atomic mass is 32.2. The van der Waals surface area contributed by atoms with Gasteiger partial charge in [-0.3, -0.25) is 9.59 Å². The number of benzene rings is 3. The maximum absolute atomic E-state index is 15.1. The average molecular weight is 594 g/mol. The van der Waals surface area contributed by atoms with Gasteiger partial charge in [0, 0.05) is 47.4 Å². The molecule has 3 aromatic carbocycles. The third-order valence-electron chi connectivity index (χ3n) is 6.82. The molecule has 2 amide bonds. The van der Waals surface area contributed by atoms with E-state index in [4.69, 9.17) is 4.74 Å². The summed E-state index contributed by atoms with van der Waals surface area (Å²) in [6, 6.07) is 16.2. The summed E-state index contributed by atoms with van der Waals surface area (Å²) in [5.74, 6) is -0.754. The van der Waals surface area contributed by atoms with Crippen molar-refractivity contribution in [3.05, 3.63) is 82.5 Å². The Labute approximate surface area is 241 Å². The summed E-state index contributed by atoms with van der Waals surface area (Å²) >= 11 is 1.36. The fourth-order valence-electron chi connectivity index (χ4n) is 4.80. The van der Waals surface area contributed by atoms with Gasteiger partial charge in [0.05, 0.1) is 12.2 Å². The Morgan fingerprint density at radius 3 is 2.46 bits per heavy atom. The quantitative estimate of drug-likeness (QED) is 0.313. The van der Waals surface area contributed by atoms with Crippen LogP contribution >= 0.6 is 11.3 Å². The van der Waals surface area contributed by atoms with Crippen molar-refractivity contribution in [2.75, 3.05) is 24.7 Å². The lowest BCUT2D eigenvalue weighted by atomic mass is 10.00. The first-order valence-corrected chi connectivity index (χ1v) is 15.7. The van der Waals surface area contributed by atoms with Crippen LogP contribution in [0.25, 0.3) is 22.4 Å². The highest BCUT2D eigenvalue weighted by Gasteiger charge is 2.27. The summed E-state index contributed by atoms with van der Waals surface area (Å²) in [5.41, 5.74) is 4.62. The lowest BCUT2D eigenvalue weighted by Crippen LogP contribution is -2.33. The first kappa shape index (κ1) is 28.4. The van der Waals surface area contributed by atoms with E-state index in [1.54, 1.807) is 11.8 Å². The summed E-state index contributed by atoms with van der Waals surface area (Å²) in [5, 5.41) is 5.12. The van der Waals surface area contributed by atoms with Gasteiger partial charge in [-0.1, -0.05) is 37.3 Å². The molecule has 0 unspecified atom stereocenters. The van der Waals surface area contributed by atoms with Gasteiger partial charge in [0.15, 0.2) is 15.0 Å². The van der Waals surface area contributed by atoms with Crippen LogP contribution in [0.5, 0.6) is 5.75 Å². The number of amides is 2. The van der Waals surface area contributed by atoms with Crippen LogP contribution in [-0.4, -0.2) is 49.5 Å². The molecular weight excluding hydrogens is 565 g/mol. The van der Waals surface area contributed by atoms with Crippen molar-refractivity contribution in [1.29, 1.82) is 0 Å². The topological polar surface area (TPSA) is 106 Å². The molecule has 0 spiro atoms. The molecule has 0 aliphatic carbocycles. The summed E-state index contributed by atoms with van der Waals surface area (Å²) < 4.78 is 45.0. The minimum absolute atomic E-state index is 0.0847. The van der Waals surface area contributed by atoms with E-state index < -0.39 is 20.5 Å². The maximum atomic E-state index is 15.1. The molecule has 11 heteroatoms. The van der Waals surface area contributed by atoms with E-state index >= 15 is 4.39 Å². The van der Waals surface area contributed by atoms with Gasteiger partial charge in [0.2, 0.25) is 5.91 Å². The van der Waals surface area contributed by atoms with Crippen LogP contribution in [0, 0.1) is 5.82 Å². The molecular formula is C30H28FN3O5S2. The van der Waals surface area contributed by atoms with Gasteiger partial charge in [-0.2, -0.15) is 0 Å². The van der Waals surface area contributed by atoms with Crippen molar-refractivity contribution in [3.63, 3.8) is 0 Å². The molecule has 8 nitrogen and oxygen atoms in total. The Hall–Kier alpha value is -4.09. The van der Waals surface area contributed by atoms with Crippen LogP contribution in [0.4, 0.5) is 9.52 Å². The van der Waals surface area contributed by atoms with E-state index in [1.165, 1.54) is 24.3 Å². The van der Waals surface area contributed by atoms with Gasteiger partial charge < -0.3 is 15.0 Å². The van der Waals surface area contributed by atoms with E-state index in [1.807, 2.05) is 47.8 Å². The number of rotatable bonds is 6. The molecule has 0 bridgehead atoms. The van der Waals surface area contributed by atoms with Crippen LogP contribution < -0.4 is 10.1 Å². The molecule has 1 aromatic heterocycles. The number of hydrogen-bond acceptors (Lipinski definition) is 7. The molecule has 0 saturated heterocycles. The standard InChI is InChI=1S/C30H28FN3O5S2/c1-4-23-24(10-12-27(28(23)31)41(3,37)38)29(36)34-13-14-39-26-11-9-21(15-22(26)16-34)19-5-7-20(8-6-19)25-17-40-30(33-25)32-18(2)35/h5-12,15,17H,4,13-14,16H2,1-3H3,(H,32,33,35). The van der Waals surface area contributed by atoms with Crippen LogP contribution in [0.1, 0.15) is 35.3 Å². The smallest absolute Gasteiger partial charge is 0.254 e. The van der Waals surface area contributed by atoms with E-state index in [0.717, 1.165) is 40.3 Å². The molecule has 4 aromatic rings. The molecule has 1 N–H and O–H groups in total. The normalized spacial score (nSPS) is 13.2. The molecule has 0 fully saturated rings. The van der Waals surface area contributed by atoms with Crippen LogP contribution in [0.2, 0.25) is 0 Å². The van der Waals surface area contributed by atoms with Gasteiger partial charge >= 0.3 is 0 Å². The summed E-state index contributed by atoms with van der Waals surface area (Å²) in [6.45, 7) is 3.95. The largest absolute Gasteiger partial charge is 0.491 e. The number of halogens is 1. The summed E-state index contributed by atoms with van der Waals surface area (Å²) in [4.78, 5) is 30.5.